The van der Waals surface area contributed by atoms with Crippen molar-refractivity contribution in [2.75, 3.05) is 5.32 Å². The summed E-state index contributed by atoms with van der Waals surface area (Å²) in [5, 5.41) is 17.4. The number of hydrogen-bond acceptors (Lipinski definition) is 8. The predicted octanol–water partition coefficient (Wildman–Crippen LogP) is 5.25. The van der Waals surface area contributed by atoms with Gasteiger partial charge in [-0.2, -0.15) is 0 Å². The Morgan fingerprint density at radius 3 is 2.77 bits per heavy atom. The maximum absolute atomic E-state index is 14.8. The number of aliphatic hydroxyl groups is 1. The maximum atomic E-state index is 14.8. The Balaban J connectivity index is 1.51. The van der Waals surface area contributed by atoms with Gasteiger partial charge in [-0.25, -0.2) is 9.37 Å². The summed E-state index contributed by atoms with van der Waals surface area (Å²) < 4.78 is 25.6. The zero-order valence-electron chi connectivity index (χ0n) is 19.2. The van der Waals surface area contributed by atoms with E-state index in [1.807, 2.05) is 26.0 Å². The average Bonchev–Trinajstić information content (AvgIpc) is 3.44. The molecule has 1 atom stereocenters. The Morgan fingerprint density at radius 2 is 2.09 bits per heavy atom. The van der Waals surface area contributed by atoms with Gasteiger partial charge in [0, 0.05) is 16.5 Å². The molecule has 1 unspecified atom stereocenters. The van der Waals surface area contributed by atoms with E-state index >= 15 is 0 Å². The summed E-state index contributed by atoms with van der Waals surface area (Å²) in [6, 6.07) is 13.3. The van der Waals surface area contributed by atoms with Crippen LogP contribution in [-0.4, -0.2) is 21.2 Å². The fourth-order valence-corrected chi connectivity index (χ4v) is 4.56. The number of rotatable bonds is 10. The van der Waals surface area contributed by atoms with E-state index < -0.39 is 17.8 Å². The summed E-state index contributed by atoms with van der Waals surface area (Å²) in [6.45, 7) is 4.16. The molecular weight excluding hydrogens is 471 g/mol. The topological polar surface area (TPSA) is 124 Å². The summed E-state index contributed by atoms with van der Waals surface area (Å²) >= 11 is 1.19. The van der Waals surface area contributed by atoms with Crippen molar-refractivity contribution in [3.05, 3.63) is 82.6 Å². The van der Waals surface area contributed by atoms with Gasteiger partial charge in [-0.3, -0.25) is 4.79 Å². The normalized spacial score (nSPS) is 12.0. The van der Waals surface area contributed by atoms with Crippen LogP contribution in [0.25, 0.3) is 10.4 Å². The molecule has 35 heavy (non-hydrogen) atoms. The average molecular weight is 497 g/mol. The lowest BCUT2D eigenvalue weighted by atomic mass is 10.0. The highest BCUT2D eigenvalue weighted by Gasteiger charge is 2.18. The quantitative estimate of drug-likeness (QED) is 0.274. The molecule has 1 amide bonds. The first-order valence-electron chi connectivity index (χ1n) is 11.0. The number of halogens is 1. The molecule has 0 bridgehead atoms. The van der Waals surface area contributed by atoms with Crippen LogP contribution in [0.1, 0.15) is 52.5 Å². The van der Waals surface area contributed by atoms with Gasteiger partial charge >= 0.3 is 0 Å². The molecule has 0 saturated carbocycles. The molecule has 0 aliphatic rings. The zero-order chi connectivity index (χ0) is 24.9. The number of carbonyl (C=O) groups excluding carboxylic acids is 1. The molecule has 8 nitrogen and oxygen atoms in total. The Bertz CT molecular complexity index is 1340. The van der Waals surface area contributed by atoms with E-state index in [2.05, 4.69) is 15.5 Å². The van der Waals surface area contributed by atoms with Crippen molar-refractivity contribution in [3.63, 3.8) is 0 Å². The van der Waals surface area contributed by atoms with E-state index in [4.69, 9.17) is 15.0 Å². The van der Waals surface area contributed by atoms with E-state index in [-0.39, 0.29) is 18.8 Å². The smallest absolute Gasteiger partial charge is 0.251 e. The minimum absolute atomic E-state index is 0.228. The van der Waals surface area contributed by atoms with Crippen LogP contribution in [-0.2, 0) is 18.0 Å². The van der Waals surface area contributed by atoms with Crippen LogP contribution in [0, 0.1) is 12.7 Å². The van der Waals surface area contributed by atoms with Crippen LogP contribution < -0.4 is 11.1 Å². The maximum Gasteiger partial charge on any atom is 0.251 e. The first-order valence-corrected chi connectivity index (χ1v) is 11.8. The van der Waals surface area contributed by atoms with Crippen molar-refractivity contribution in [1.29, 1.82) is 0 Å². The van der Waals surface area contributed by atoms with Crippen LogP contribution in [0.2, 0.25) is 0 Å². The molecule has 4 aromatic rings. The van der Waals surface area contributed by atoms with Crippen LogP contribution in [0.3, 0.4) is 0 Å². The second-order valence-corrected chi connectivity index (χ2v) is 9.00. The number of nitrogens with two attached hydrogens (primary N) is 1. The molecule has 0 fully saturated rings. The molecular formula is C25H25FN4O4S. The standard InChI is InChI=1S/C25H25FN4O4S/c1-3-21(31)15-7-8-18(20(26)10-15)22-11-19(24(27)32)25(35-22)29-23-6-4-5-16(28-23)12-33-13-17-9-14(2)30-34-17/h4-11,21,31H,3,12-13H2,1-2H3,(H2,27,32)(H,28,29). The Morgan fingerprint density at radius 1 is 1.26 bits per heavy atom. The molecule has 0 spiro atoms. The number of ether oxygens (including phenoxy) is 1. The van der Waals surface area contributed by atoms with Gasteiger partial charge in [0.15, 0.2) is 5.76 Å². The molecule has 3 heterocycles. The number of nitrogens with one attached hydrogen (secondary N) is 1. The predicted molar refractivity (Wildman–Crippen MR) is 131 cm³/mol. The highest BCUT2D eigenvalue weighted by atomic mass is 32.1. The number of nitrogens with zero attached hydrogens (tertiary/aromatic N) is 2. The third-order valence-electron chi connectivity index (χ3n) is 5.25. The summed E-state index contributed by atoms with van der Waals surface area (Å²) in [5.41, 5.74) is 8.07. The van der Waals surface area contributed by atoms with Crippen molar-refractivity contribution >= 4 is 28.1 Å². The fourth-order valence-electron chi connectivity index (χ4n) is 3.46. The second kappa shape index (κ2) is 10.8. The van der Waals surface area contributed by atoms with Gasteiger partial charge in [0.1, 0.15) is 23.2 Å². The molecule has 0 aliphatic carbocycles. The number of aliphatic hydroxyl groups excluding tert-OH is 1. The number of pyridine rings is 1. The van der Waals surface area contributed by atoms with Crippen molar-refractivity contribution < 1.29 is 23.6 Å². The Hall–Kier alpha value is -3.60. The van der Waals surface area contributed by atoms with Gasteiger partial charge in [0.25, 0.3) is 5.91 Å². The number of carbonyl (C=O) groups is 1. The molecule has 3 aromatic heterocycles. The van der Waals surface area contributed by atoms with E-state index in [0.717, 1.165) is 5.69 Å². The number of thiophene rings is 1. The van der Waals surface area contributed by atoms with Gasteiger partial charge in [-0.15, -0.1) is 11.3 Å². The summed E-state index contributed by atoms with van der Waals surface area (Å²) in [6.07, 6.45) is -0.253. The lowest BCUT2D eigenvalue weighted by molar-refractivity contribution is 0.0862. The summed E-state index contributed by atoms with van der Waals surface area (Å²) in [4.78, 5) is 17.1. The van der Waals surface area contributed by atoms with E-state index in [1.165, 1.54) is 17.4 Å². The molecule has 1 aromatic carbocycles. The van der Waals surface area contributed by atoms with E-state index in [0.29, 0.717) is 44.7 Å². The third kappa shape index (κ3) is 5.91. The van der Waals surface area contributed by atoms with Crippen LogP contribution in [0.15, 0.2) is 53.1 Å². The lowest BCUT2D eigenvalue weighted by Gasteiger charge is -2.09. The fraction of sp³-hybridized carbons (Fsp3) is 0.240. The monoisotopic (exact) mass is 496 g/mol. The molecule has 0 saturated heterocycles. The highest BCUT2D eigenvalue weighted by molar-refractivity contribution is 7.19. The van der Waals surface area contributed by atoms with Crippen molar-refractivity contribution in [2.45, 2.75) is 39.6 Å². The molecule has 182 valence electrons. The number of aromatic nitrogens is 2. The highest BCUT2D eigenvalue weighted by Crippen LogP contribution is 2.38. The van der Waals surface area contributed by atoms with Gasteiger partial charge in [-0.05, 0) is 43.2 Å². The second-order valence-electron chi connectivity index (χ2n) is 7.95. The zero-order valence-corrected chi connectivity index (χ0v) is 20.1. The number of benzene rings is 1. The first-order chi connectivity index (χ1) is 16.8. The minimum atomic E-state index is -0.734. The van der Waals surface area contributed by atoms with Gasteiger partial charge in [0.2, 0.25) is 0 Å². The number of hydrogen-bond donors (Lipinski definition) is 3. The van der Waals surface area contributed by atoms with Gasteiger partial charge in [0.05, 0.1) is 29.7 Å². The Labute approximate surface area is 205 Å². The van der Waals surface area contributed by atoms with Crippen LogP contribution in [0.5, 0.6) is 0 Å². The van der Waals surface area contributed by atoms with Crippen molar-refractivity contribution in [1.82, 2.24) is 10.1 Å². The molecule has 0 radical (unpaired) electrons. The number of aryl methyl sites for hydroxylation is 1. The molecule has 0 aliphatic heterocycles. The van der Waals surface area contributed by atoms with Crippen LogP contribution >= 0.6 is 11.3 Å². The SMILES string of the molecule is CCC(O)c1ccc(-c2cc(C(N)=O)c(Nc3cccc(COCc4cc(C)no4)n3)s2)c(F)c1. The minimum Gasteiger partial charge on any atom is -0.388 e. The number of amides is 1. The Kier molecular flexibility index (Phi) is 7.54. The number of anilines is 2. The summed E-state index contributed by atoms with van der Waals surface area (Å²) in [5.74, 6) is -0.0221. The summed E-state index contributed by atoms with van der Waals surface area (Å²) in [7, 11) is 0. The molecule has 4 rings (SSSR count). The molecule has 10 heteroatoms. The van der Waals surface area contributed by atoms with Crippen molar-refractivity contribution in [2.24, 2.45) is 5.73 Å². The van der Waals surface area contributed by atoms with Crippen LogP contribution in [0.4, 0.5) is 15.2 Å². The van der Waals surface area contributed by atoms with E-state index in [1.54, 1.807) is 30.3 Å². The van der Waals surface area contributed by atoms with Gasteiger partial charge < -0.3 is 25.4 Å². The third-order valence-corrected chi connectivity index (χ3v) is 6.33. The first kappa shape index (κ1) is 24.5. The van der Waals surface area contributed by atoms with E-state index in [9.17, 15) is 14.3 Å². The van der Waals surface area contributed by atoms with Crippen molar-refractivity contribution in [3.8, 4) is 10.4 Å². The molecule has 4 N–H and O–H groups in total. The number of primary amides is 1. The lowest BCUT2D eigenvalue weighted by Crippen LogP contribution is -2.11. The largest absolute Gasteiger partial charge is 0.388 e. The van der Waals surface area contributed by atoms with Gasteiger partial charge in [-0.1, -0.05) is 30.3 Å².